The molecule has 1 aromatic rings. The summed E-state index contributed by atoms with van der Waals surface area (Å²) < 4.78 is 0. The summed E-state index contributed by atoms with van der Waals surface area (Å²) in [6.07, 6.45) is 4.34. The first-order valence-electron chi connectivity index (χ1n) is 7.05. The molecule has 1 atom stereocenters. The molecule has 1 amide bonds. The molecule has 0 radical (unpaired) electrons. The lowest BCUT2D eigenvalue weighted by Crippen LogP contribution is -2.43. The zero-order valence-electron chi connectivity index (χ0n) is 11.5. The number of aromatic nitrogens is 1. The Morgan fingerprint density at radius 3 is 3.15 bits per heavy atom. The van der Waals surface area contributed by atoms with E-state index < -0.39 is 0 Å². The maximum Gasteiger partial charge on any atom is 0.270 e. The van der Waals surface area contributed by atoms with Crippen molar-refractivity contribution in [3.8, 4) is 0 Å². The molecule has 7 heteroatoms. The third kappa shape index (κ3) is 4.16. The summed E-state index contributed by atoms with van der Waals surface area (Å²) >= 11 is 1.27. The van der Waals surface area contributed by atoms with E-state index in [1.54, 1.807) is 5.38 Å². The zero-order valence-corrected chi connectivity index (χ0v) is 12.4. The third-order valence-corrected chi connectivity index (χ3v) is 4.30. The summed E-state index contributed by atoms with van der Waals surface area (Å²) in [4.78, 5) is 18.0. The van der Waals surface area contributed by atoms with E-state index >= 15 is 0 Å². The van der Waals surface area contributed by atoms with Gasteiger partial charge >= 0.3 is 0 Å². The second kappa shape index (κ2) is 7.56. The molecule has 0 spiro atoms. The minimum absolute atomic E-state index is 0.171. The Bertz CT molecular complexity index is 438. The van der Waals surface area contributed by atoms with E-state index in [1.165, 1.54) is 24.2 Å². The van der Waals surface area contributed by atoms with Crippen LogP contribution in [-0.4, -0.2) is 53.2 Å². The number of nitrogens with one attached hydrogen (secondary N) is 1. The van der Waals surface area contributed by atoms with Gasteiger partial charge in [-0.3, -0.25) is 9.69 Å². The van der Waals surface area contributed by atoms with Crippen molar-refractivity contribution in [2.75, 3.05) is 32.0 Å². The first-order chi connectivity index (χ1) is 9.70. The fourth-order valence-corrected chi connectivity index (χ4v) is 3.07. The van der Waals surface area contributed by atoms with Crippen LogP contribution in [0.4, 0.5) is 5.13 Å². The van der Waals surface area contributed by atoms with Gasteiger partial charge in [-0.15, -0.1) is 11.3 Å². The van der Waals surface area contributed by atoms with Crippen LogP contribution in [-0.2, 0) is 0 Å². The summed E-state index contributed by atoms with van der Waals surface area (Å²) in [6.45, 7) is 2.79. The van der Waals surface area contributed by atoms with Crippen molar-refractivity contribution in [1.82, 2.24) is 15.2 Å². The lowest BCUT2D eigenvalue weighted by Gasteiger charge is -2.34. The number of piperidine rings is 1. The van der Waals surface area contributed by atoms with E-state index in [1.807, 2.05) is 0 Å². The van der Waals surface area contributed by atoms with Gasteiger partial charge in [0.25, 0.3) is 5.91 Å². The van der Waals surface area contributed by atoms with Crippen LogP contribution >= 0.6 is 11.3 Å². The highest BCUT2D eigenvalue weighted by atomic mass is 32.1. The van der Waals surface area contributed by atoms with Crippen LogP contribution < -0.4 is 11.1 Å². The van der Waals surface area contributed by atoms with Gasteiger partial charge in [0.05, 0.1) is 6.61 Å². The van der Waals surface area contributed by atoms with Crippen LogP contribution in [0.5, 0.6) is 0 Å². The molecule has 1 saturated heterocycles. The van der Waals surface area contributed by atoms with Crippen LogP contribution in [0, 0.1) is 0 Å². The van der Waals surface area contributed by atoms with Gasteiger partial charge in [0, 0.05) is 24.5 Å². The molecule has 4 N–H and O–H groups in total. The Morgan fingerprint density at radius 1 is 1.60 bits per heavy atom. The number of hydrogen-bond donors (Lipinski definition) is 3. The van der Waals surface area contributed by atoms with Crippen molar-refractivity contribution in [3.05, 3.63) is 11.1 Å². The number of aliphatic hydroxyl groups is 1. The summed E-state index contributed by atoms with van der Waals surface area (Å²) in [5, 5.41) is 14.2. The van der Waals surface area contributed by atoms with Crippen molar-refractivity contribution in [3.63, 3.8) is 0 Å². The predicted octanol–water partition coefficient (Wildman–Crippen LogP) is 0.692. The number of nitrogens with two attached hydrogens (primary N) is 1. The number of aliphatic hydroxyl groups excluding tert-OH is 1. The van der Waals surface area contributed by atoms with Crippen molar-refractivity contribution in [2.45, 2.75) is 31.7 Å². The highest BCUT2D eigenvalue weighted by Gasteiger charge is 2.20. The molecule has 6 nitrogen and oxygen atoms in total. The molecular weight excluding hydrogens is 276 g/mol. The predicted molar refractivity (Wildman–Crippen MR) is 79.8 cm³/mol. The number of hydrogen-bond acceptors (Lipinski definition) is 6. The number of nitrogen functional groups attached to an aromatic ring is 1. The molecule has 1 aliphatic rings. The van der Waals surface area contributed by atoms with Gasteiger partial charge in [-0.2, -0.15) is 0 Å². The molecule has 0 aromatic carbocycles. The standard InChI is InChI=1S/C13H22N4O2S/c14-13-16-11(9-20-13)12(19)15-5-3-7-17-6-2-1-4-10(17)8-18/h9-10,18H,1-8H2,(H2,14,16)(H,15,19)/t10-/m1/s1. The van der Waals surface area contributed by atoms with Crippen LogP contribution in [0.25, 0.3) is 0 Å². The first kappa shape index (κ1) is 15.2. The van der Waals surface area contributed by atoms with Gasteiger partial charge in [-0.25, -0.2) is 4.98 Å². The molecule has 2 heterocycles. The van der Waals surface area contributed by atoms with Gasteiger partial charge in [0.2, 0.25) is 0 Å². The number of nitrogens with zero attached hydrogens (tertiary/aromatic N) is 2. The highest BCUT2D eigenvalue weighted by molar-refractivity contribution is 7.13. The van der Waals surface area contributed by atoms with Crippen molar-refractivity contribution in [1.29, 1.82) is 0 Å². The van der Waals surface area contributed by atoms with Crippen molar-refractivity contribution in [2.24, 2.45) is 0 Å². The van der Waals surface area contributed by atoms with Crippen molar-refractivity contribution < 1.29 is 9.90 Å². The van der Waals surface area contributed by atoms with Crippen LogP contribution in [0.2, 0.25) is 0 Å². The summed E-state index contributed by atoms with van der Waals surface area (Å²) in [5.41, 5.74) is 5.88. The smallest absolute Gasteiger partial charge is 0.270 e. The SMILES string of the molecule is Nc1nc(C(=O)NCCCN2CCCC[C@@H]2CO)cs1. The number of thiazole rings is 1. The molecule has 0 aliphatic carbocycles. The highest BCUT2D eigenvalue weighted by Crippen LogP contribution is 2.16. The van der Waals surface area contributed by atoms with Gasteiger partial charge in [-0.1, -0.05) is 6.42 Å². The van der Waals surface area contributed by atoms with E-state index in [0.29, 0.717) is 17.4 Å². The lowest BCUT2D eigenvalue weighted by molar-refractivity contribution is 0.0867. The Labute approximate surface area is 123 Å². The maximum absolute atomic E-state index is 11.8. The Morgan fingerprint density at radius 2 is 2.45 bits per heavy atom. The van der Waals surface area contributed by atoms with E-state index in [4.69, 9.17) is 5.73 Å². The molecule has 0 unspecified atom stereocenters. The number of carbonyl (C=O) groups excluding carboxylic acids is 1. The fraction of sp³-hybridized carbons (Fsp3) is 0.692. The monoisotopic (exact) mass is 298 g/mol. The molecule has 2 rings (SSSR count). The number of carbonyl (C=O) groups is 1. The van der Waals surface area contributed by atoms with E-state index in [0.717, 1.165) is 25.9 Å². The molecule has 20 heavy (non-hydrogen) atoms. The summed E-state index contributed by atoms with van der Waals surface area (Å²) in [7, 11) is 0. The molecular formula is C13H22N4O2S. The van der Waals surface area contributed by atoms with E-state index in [9.17, 15) is 9.90 Å². The van der Waals surface area contributed by atoms with Crippen LogP contribution in [0.15, 0.2) is 5.38 Å². The number of amides is 1. The molecule has 112 valence electrons. The molecule has 0 saturated carbocycles. The Kier molecular flexibility index (Phi) is 5.75. The van der Waals surface area contributed by atoms with Gasteiger partial charge in [0.1, 0.15) is 5.69 Å². The number of anilines is 1. The minimum atomic E-state index is -0.171. The fourth-order valence-electron chi connectivity index (χ4n) is 2.53. The molecule has 0 bridgehead atoms. The summed E-state index contributed by atoms with van der Waals surface area (Å²) in [6, 6.07) is 0.290. The van der Waals surface area contributed by atoms with Gasteiger partial charge < -0.3 is 16.2 Å². The van der Waals surface area contributed by atoms with Crippen molar-refractivity contribution >= 4 is 22.4 Å². The molecule has 1 fully saturated rings. The molecule has 1 aromatic heterocycles. The Hall–Kier alpha value is -1.18. The second-order valence-corrected chi connectivity index (χ2v) is 5.94. The first-order valence-corrected chi connectivity index (χ1v) is 7.93. The van der Waals surface area contributed by atoms with E-state index in [2.05, 4.69) is 15.2 Å². The average Bonchev–Trinajstić information content (AvgIpc) is 2.90. The van der Waals surface area contributed by atoms with Gasteiger partial charge in [-0.05, 0) is 25.8 Å². The second-order valence-electron chi connectivity index (χ2n) is 5.05. The number of likely N-dealkylation sites (tertiary alicyclic amines) is 1. The molecule has 1 aliphatic heterocycles. The van der Waals surface area contributed by atoms with Crippen LogP contribution in [0.1, 0.15) is 36.2 Å². The maximum atomic E-state index is 11.8. The van der Waals surface area contributed by atoms with E-state index in [-0.39, 0.29) is 18.6 Å². The lowest BCUT2D eigenvalue weighted by atomic mass is 10.0. The summed E-state index contributed by atoms with van der Waals surface area (Å²) in [5.74, 6) is -0.171. The topological polar surface area (TPSA) is 91.5 Å². The zero-order chi connectivity index (χ0) is 14.4. The average molecular weight is 298 g/mol. The quantitative estimate of drug-likeness (QED) is 0.672. The third-order valence-electron chi connectivity index (χ3n) is 3.62. The minimum Gasteiger partial charge on any atom is -0.395 e. The normalized spacial score (nSPS) is 19.9. The Balaban J connectivity index is 1.67. The van der Waals surface area contributed by atoms with Crippen LogP contribution in [0.3, 0.4) is 0 Å². The largest absolute Gasteiger partial charge is 0.395 e. The van der Waals surface area contributed by atoms with Gasteiger partial charge in [0.15, 0.2) is 5.13 Å². The number of rotatable bonds is 6.